The van der Waals surface area contributed by atoms with Crippen LogP contribution in [0.5, 0.6) is 11.5 Å². The molecule has 2 aromatic rings. The lowest BCUT2D eigenvalue weighted by Gasteiger charge is -2.09. The second-order valence-electron chi connectivity index (χ2n) is 3.92. The number of esters is 1. The number of carbonyl (C=O) groups is 1. The molecule has 104 valence electrons. The second-order valence-corrected chi connectivity index (χ2v) is 3.92. The fourth-order valence-electron chi connectivity index (χ4n) is 1.56. The molecule has 2 N–H and O–H groups in total. The van der Waals surface area contributed by atoms with Crippen molar-refractivity contribution in [2.45, 2.75) is 0 Å². The van der Waals surface area contributed by atoms with E-state index < -0.39 is 17.6 Å². The summed E-state index contributed by atoms with van der Waals surface area (Å²) < 4.78 is 35.8. The third kappa shape index (κ3) is 2.85. The summed E-state index contributed by atoms with van der Waals surface area (Å²) in [6, 6.07) is 7.45. The van der Waals surface area contributed by atoms with Gasteiger partial charge in [-0.05, 0) is 30.3 Å². The zero-order valence-corrected chi connectivity index (χ0v) is 10.5. The minimum atomic E-state index is -1.02. The molecule has 0 spiro atoms. The van der Waals surface area contributed by atoms with E-state index in [2.05, 4.69) is 4.74 Å². The highest BCUT2D eigenvalue weighted by molar-refractivity contribution is 5.95. The fraction of sp³-hybridized carbons (Fsp3) is 0.0714. The van der Waals surface area contributed by atoms with Crippen LogP contribution in [0.1, 0.15) is 10.4 Å². The average Bonchev–Trinajstić information content (AvgIpc) is 2.44. The molecule has 0 aliphatic rings. The maximum Gasteiger partial charge on any atom is 0.340 e. The SMILES string of the molecule is COC(=O)c1cc(Oc2ccc(F)c(F)c2)ccc1N. The normalized spacial score (nSPS) is 10.2. The van der Waals surface area contributed by atoms with Crippen molar-refractivity contribution in [1.82, 2.24) is 0 Å². The monoisotopic (exact) mass is 279 g/mol. The van der Waals surface area contributed by atoms with Crippen molar-refractivity contribution in [1.29, 1.82) is 0 Å². The third-order valence-electron chi connectivity index (χ3n) is 2.56. The van der Waals surface area contributed by atoms with Crippen molar-refractivity contribution in [3.63, 3.8) is 0 Å². The van der Waals surface area contributed by atoms with Crippen molar-refractivity contribution < 1.29 is 23.0 Å². The molecule has 0 saturated heterocycles. The first-order chi connectivity index (χ1) is 9.51. The van der Waals surface area contributed by atoms with E-state index in [4.69, 9.17) is 10.5 Å². The maximum atomic E-state index is 13.1. The zero-order valence-electron chi connectivity index (χ0n) is 10.5. The molecule has 20 heavy (non-hydrogen) atoms. The number of rotatable bonds is 3. The minimum Gasteiger partial charge on any atom is -0.465 e. The van der Waals surface area contributed by atoms with Crippen molar-refractivity contribution >= 4 is 11.7 Å². The van der Waals surface area contributed by atoms with Crippen molar-refractivity contribution in [2.75, 3.05) is 12.8 Å². The molecule has 0 aromatic heterocycles. The van der Waals surface area contributed by atoms with Crippen LogP contribution in [-0.4, -0.2) is 13.1 Å². The Morgan fingerprint density at radius 1 is 1.05 bits per heavy atom. The van der Waals surface area contributed by atoms with Crippen molar-refractivity contribution in [2.24, 2.45) is 0 Å². The van der Waals surface area contributed by atoms with Gasteiger partial charge in [0.25, 0.3) is 0 Å². The smallest absolute Gasteiger partial charge is 0.340 e. The largest absolute Gasteiger partial charge is 0.465 e. The van der Waals surface area contributed by atoms with E-state index in [1.165, 1.54) is 31.4 Å². The number of hydrogen-bond acceptors (Lipinski definition) is 4. The van der Waals surface area contributed by atoms with Gasteiger partial charge >= 0.3 is 5.97 Å². The number of ether oxygens (including phenoxy) is 2. The number of nitrogen functional groups attached to an aromatic ring is 1. The third-order valence-corrected chi connectivity index (χ3v) is 2.56. The van der Waals surface area contributed by atoms with Gasteiger partial charge in [-0.25, -0.2) is 13.6 Å². The molecule has 0 unspecified atom stereocenters. The molecule has 0 atom stereocenters. The predicted molar refractivity (Wildman–Crippen MR) is 68.6 cm³/mol. The van der Waals surface area contributed by atoms with Crippen LogP contribution >= 0.6 is 0 Å². The van der Waals surface area contributed by atoms with E-state index in [9.17, 15) is 13.6 Å². The Balaban J connectivity index is 2.29. The summed E-state index contributed by atoms with van der Waals surface area (Å²) in [4.78, 5) is 11.5. The lowest BCUT2D eigenvalue weighted by Crippen LogP contribution is -2.05. The Hall–Kier alpha value is -2.63. The van der Waals surface area contributed by atoms with Gasteiger partial charge < -0.3 is 15.2 Å². The quantitative estimate of drug-likeness (QED) is 0.692. The standard InChI is InChI=1S/C14H11F2NO3/c1-19-14(18)10-6-8(3-5-13(10)17)20-9-2-4-11(15)12(16)7-9/h2-7H,17H2,1H3. The highest BCUT2D eigenvalue weighted by Gasteiger charge is 2.12. The van der Waals surface area contributed by atoms with Crippen LogP contribution in [-0.2, 0) is 4.74 Å². The summed E-state index contributed by atoms with van der Waals surface area (Å²) >= 11 is 0. The average molecular weight is 279 g/mol. The summed E-state index contributed by atoms with van der Waals surface area (Å²) in [6.07, 6.45) is 0. The Kier molecular flexibility index (Phi) is 3.84. The highest BCUT2D eigenvalue weighted by atomic mass is 19.2. The molecule has 6 heteroatoms. The predicted octanol–water partition coefficient (Wildman–Crippen LogP) is 3.13. The first-order valence-corrected chi connectivity index (χ1v) is 5.62. The van der Waals surface area contributed by atoms with Crippen molar-refractivity contribution in [3.8, 4) is 11.5 Å². The first-order valence-electron chi connectivity index (χ1n) is 5.62. The van der Waals surface area contributed by atoms with Crippen LogP contribution in [0.3, 0.4) is 0 Å². The van der Waals surface area contributed by atoms with E-state index in [0.29, 0.717) is 0 Å². The molecule has 2 rings (SSSR count). The van der Waals surface area contributed by atoms with Gasteiger partial charge in [0.2, 0.25) is 0 Å². The topological polar surface area (TPSA) is 61.5 Å². The molecular formula is C14H11F2NO3. The van der Waals surface area contributed by atoms with Crippen LogP contribution < -0.4 is 10.5 Å². The van der Waals surface area contributed by atoms with Gasteiger partial charge in [0.15, 0.2) is 11.6 Å². The minimum absolute atomic E-state index is 0.101. The van der Waals surface area contributed by atoms with Gasteiger partial charge in [-0.2, -0.15) is 0 Å². The molecular weight excluding hydrogens is 268 g/mol. The number of halogens is 2. The summed E-state index contributed by atoms with van der Waals surface area (Å²) in [7, 11) is 1.23. The molecule has 0 bridgehead atoms. The van der Waals surface area contributed by atoms with Gasteiger partial charge in [-0.3, -0.25) is 0 Å². The Labute approximate surface area is 113 Å². The highest BCUT2D eigenvalue weighted by Crippen LogP contribution is 2.26. The molecule has 0 saturated carbocycles. The van der Waals surface area contributed by atoms with E-state index in [-0.39, 0.29) is 22.7 Å². The summed E-state index contributed by atoms with van der Waals surface area (Å²) in [5, 5.41) is 0. The van der Waals surface area contributed by atoms with E-state index in [0.717, 1.165) is 12.1 Å². The number of methoxy groups -OCH3 is 1. The van der Waals surface area contributed by atoms with Gasteiger partial charge in [0.05, 0.1) is 12.7 Å². The Morgan fingerprint density at radius 3 is 2.35 bits per heavy atom. The first kappa shape index (κ1) is 13.8. The Morgan fingerprint density at radius 2 is 1.70 bits per heavy atom. The van der Waals surface area contributed by atoms with Gasteiger partial charge in [-0.1, -0.05) is 0 Å². The van der Waals surface area contributed by atoms with E-state index >= 15 is 0 Å². The Bertz CT molecular complexity index is 659. The fourth-order valence-corrected chi connectivity index (χ4v) is 1.56. The summed E-state index contributed by atoms with van der Waals surface area (Å²) in [5.74, 6) is -2.25. The molecule has 0 amide bonds. The number of benzene rings is 2. The molecule has 0 aliphatic heterocycles. The van der Waals surface area contributed by atoms with Crippen LogP contribution in [0.15, 0.2) is 36.4 Å². The molecule has 4 nitrogen and oxygen atoms in total. The maximum absolute atomic E-state index is 13.1. The zero-order chi connectivity index (χ0) is 14.7. The number of carbonyl (C=O) groups excluding carboxylic acids is 1. The number of anilines is 1. The van der Waals surface area contributed by atoms with E-state index in [1.54, 1.807) is 0 Å². The lowest BCUT2D eigenvalue weighted by molar-refractivity contribution is 0.0601. The molecule has 0 radical (unpaired) electrons. The van der Waals surface area contributed by atoms with Gasteiger partial charge in [0.1, 0.15) is 11.5 Å². The lowest BCUT2D eigenvalue weighted by atomic mass is 10.1. The van der Waals surface area contributed by atoms with Crippen LogP contribution in [0, 0.1) is 11.6 Å². The number of nitrogens with two attached hydrogens (primary N) is 1. The molecule has 0 fully saturated rings. The second kappa shape index (κ2) is 5.56. The van der Waals surface area contributed by atoms with Crippen molar-refractivity contribution in [3.05, 3.63) is 53.6 Å². The van der Waals surface area contributed by atoms with Gasteiger partial charge in [-0.15, -0.1) is 0 Å². The molecule has 2 aromatic carbocycles. The summed E-state index contributed by atoms with van der Waals surface area (Å²) in [5.41, 5.74) is 6.00. The van der Waals surface area contributed by atoms with Gasteiger partial charge in [0, 0.05) is 11.8 Å². The number of hydrogen-bond donors (Lipinski definition) is 1. The molecule has 0 heterocycles. The van der Waals surface area contributed by atoms with E-state index in [1.807, 2.05) is 0 Å². The molecule has 0 aliphatic carbocycles. The van der Waals surface area contributed by atoms with Crippen LogP contribution in [0.25, 0.3) is 0 Å². The summed E-state index contributed by atoms with van der Waals surface area (Å²) in [6.45, 7) is 0. The van der Waals surface area contributed by atoms with Crippen LogP contribution in [0.2, 0.25) is 0 Å². The van der Waals surface area contributed by atoms with Crippen LogP contribution in [0.4, 0.5) is 14.5 Å².